The Morgan fingerprint density at radius 1 is 1.45 bits per heavy atom. The second-order valence-electron chi connectivity index (χ2n) is 5.03. The Bertz CT molecular complexity index is 611. The van der Waals surface area contributed by atoms with E-state index in [1.165, 1.54) is 16.8 Å². The molecule has 4 N–H and O–H groups in total. The highest BCUT2D eigenvalue weighted by Gasteiger charge is 2.26. The minimum Gasteiger partial charge on any atom is -0.447 e. The molecule has 0 bridgehead atoms. The zero-order chi connectivity index (χ0) is 15.9. The predicted octanol–water partition coefficient (Wildman–Crippen LogP) is -1.23. The molecule has 1 aromatic heterocycles. The van der Waals surface area contributed by atoms with Crippen LogP contribution in [0.5, 0.6) is 0 Å². The lowest BCUT2D eigenvalue weighted by Crippen LogP contribution is -2.33. The molecule has 1 aromatic rings. The van der Waals surface area contributed by atoms with Crippen LogP contribution in [0.25, 0.3) is 0 Å². The molecule has 0 unspecified atom stereocenters. The van der Waals surface area contributed by atoms with Crippen LogP contribution < -0.4 is 22.3 Å². The number of nitrogens with zero attached hydrogens (tertiary/aromatic N) is 1. The van der Waals surface area contributed by atoms with Crippen LogP contribution in [0.2, 0.25) is 0 Å². The maximum atomic E-state index is 11.6. The van der Waals surface area contributed by atoms with Crippen molar-refractivity contribution in [2.75, 3.05) is 19.7 Å². The number of aromatic amines is 1. The van der Waals surface area contributed by atoms with E-state index in [9.17, 15) is 14.4 Å². The third-order valence-electron chi connectivity index (χ3n) is 3.31. The molecule has 122 valence electrons. The Labute approximate surface area is 126 Å². The molecule has 1 aliphatic rings. The van der Waals surface area contributed by atoms with Gasteiger partial charge in [0.2, 0.25) is 0 Å². The summed E-state index contributed by atoms with van der Waals surface area (Å²) in [5.41, 5.74) is 4.37. The van der Waals surface area contributed by atoms with Crippen molar-refractivity contribution < 1.29 is 14.3 Å². The van der Waals surface area contributed by atoms with Gasteiger partial charge in [-0.05, 0) is 12.8 Å². The molecule has 1 fully saturated rings. The fraction of sp³-hybridized carbons (Fsp3) is 0.615. The van der Waals surface area contributed by atoms with E-state index in [2.05, 4.69) is 10.3 Å². The number of carbonyl (C=O) groups excluding carboxylic acids is 1. The number of nitrogens with two attached hydrogens (primary N) is 1. The lowest BCUT2D eigenvalue weighted by atomic mass is 10.2. The smallest absolute Gasteiger partial charge is 0.407 e. The summed E-state index contributed by atoms with van der Waals surface area (Å²) >= 11 is 0. The van der Waals surface area contributed by atoms with Gasteiger partial charge in [-0.25, -0.2) is 9.59 Å². The molecule has 0 spiro atoms. The summed E-state index contributed by atoms with van der Waals surface area (Å²) in [6.07, 6.45) is 2.08. The second-order valence-corrected chi connectivity index (χ2v) is 5.03. The quantitative estimate of drug-likeness (QED) is 0.603. The van der Waals surface area contributed by atoms with E-state index in [0.717, 1.165) is 12.8 Å². The van der Waals surface area contributed by atoms with Crippen molar-refractivity contribution in [3.8, 4) is 0 Å². The molecule has 0 saturated carbocycles. The summed E-state index contributed by atoms with van der Waals surface area (Å²) in [6.45, 7) is 1.23. The van der Waals surface area contributed by atoms with Gasteiger partial charge in [0, 0.05) is 25.4 Å². The first-order valence-electron chi connectivity index (χ1n) is 7.14. The van der Waals surface area contributed by atoms with Crippen LogP contribution in [0.15, 0.2) is 21.9 Å². The van der Waals surface area contributed by atoms with Crippen LogP contribution in [-0.4, -0.2) is 47.5 Å². The van der Waals surface area contributed by atoms with Crippen molar-refractivity contribution in [2.45, 2.75) is 31.6 Å². The zero-order valence-electron chi connectivity index (χ0n) is 12.1. The number of hydrogen-bond acceptors (Lipinski definition) is 6. The van der Waals surface area contributed by atoms with Gasteiger partial charge in [-0.1, -0.05) is 0 Å². The number of carbonyl (C=O) groups is 1. The highest BCUT2D eigenvalue weighted by Crippen LogP contribution is 2.20. The normalized spacial score (nSPS) is 20.8. The Morgan fingerprint density at radius 2 is 2.23 bits per heavy atom. The van der Waals surface area contributed by atoms with E-state index >= 15 is 0 Å². The third kappa shape index (κ3) is 4.71. The molecule has 0 radical (unpaired) electrons. The monoisotopic (exact) mass is 312 g/mol. The molecule has 1 aliphatic heterocycles. The fourth-order valence-corrected chi connectivity index (χ4v) is 2.24. The number of aromatic nitrogens is 2. The summed E-state index contributed by atoms with van der Waals surface area (Å²) < 4.78 is 12.1. The van der Waals surface area contributed by atoms with E-state index in [1.54, 1.807) is 0 Å². The van der Waals surface area contributed by atoms with Crippen LogP contribution in [0.4, 0.5) is 4.79 Å². The first-order valence-corrected chi connectivity index (χ1v) is 7.14. The number of hydrogen-bond donors (Lipinski definition) is 3. The van der Waals surface area contributed by atoms with Crippen LogP contribution in [0.1, 0.15) is 12.8 Å². The van der Waals surface area contributed by atoms with Crippen LogP contribution in [0.3, 0.4) is 0 Å². The Kier molecular flexibility index (Phi) is 5.73. The molecule has 0 aromatic carbocycles. The maximum absolute atomic E-state index is 11.6. The molecular formula is C13H20N4O5. The van der Waals surface area contributed by atoms with Crippen LogP contribution in [-0.2, 0) is 16.0 Å². The number of alkyl carbamates (subject to hydrolysis) is 1. The number of rotatable bonds is 6. The van der Waals surface area contributed by atoms with E-state index in [4.69, 9.17) is 15.2 Å². The average molecular weight is 312 g/mol. The van der Waals surface area contributed by atoms with E-state index < -0.39 is 17.3 Å². The topological polar surface area (TPSA) is 128 Å². The molecule has 1 saturated heterocycles. The minimum absolute atomic E-state index is 0.149. The molecule has 9 nitrogen and oxygen atoms in total. The molecule has 2 atom stereocenters. The molecule has 9 heteroatoms. The van der Waals surface area contributed by atoms with Crippen molar-refractivity contribution in [2.24, 2.45) is 5.73 Å². The van der Waals surface area contributed by atoms with Gasteiger partial charge in [0.1, 0.15) is 6.61 Å². The molecule has 1 amide bonds. The Hall–Kier alpha value is -2.13. The first kappa shape index (κ1) is 16.2. The summed E-state index contributed by atoms with van der Waals surface area (Å²) in [5, 5.41) is 2.50. The minimum atomic E-state index is -0.519. The van der Waals surface area contributed by atoms with Crippen molar-refractivity contribution in [1.29, 1.82) is 0 Å². The number of nitrogens with one attached hydrogen (secondary N) is 2. The molecule has 2 heterocycles. The Balaban J connectivity index is 1.77. The molecule has 0 aliphatic carbocycles. The van der Waals surface area contributed by atoms with Crippen molar-refractivity contribution in [3.05, 3.63) is 33.1 Å². The maximum Gasteiger partial charge on any atom is 0.407 e. The van der Waals surface area contributed by atoms with E-state index in [1.807, 2.05) is 0 Å². The third-order valence-corrected chi connectivity index (χ3v) is 3.31. The average Bonchev–Trinajstić information content (AvgIpc) is 2.93. The highest BCUT2D eigenvalue weighted by atomic mass is 16.6. The molecule has 2 rings (SSSR count). The fourth-order valence-electron chi connectivity index (χ4n) is 2.24. The van der Waals surface area contributed by atoms with E-state index in [-0.39, 0.29) is 18.8 Å². The van der Waals surface area contributed by atoms with Gasteiger partial charge >= 0.3 is 11.8 Å². The standard InChI is InChI=1S/C13H20N4O5/c14-4-5-15-13(20)21-8-10-2-1-9(22-10)7-17-6-3-11(18)16-12(17)19/h3,6,9-10H,1-2,4-5,7-8,14H2,(H,15,20)(H,16,18,19)/t9-,10+/m1/s1. The SMILES string of the molecule is NCCNC(=O)OC[C@@H]1CC[C@H](Cn2ccc(=O)[nH]c2=O)O1. The first-order chi connectivity index (χ1) is 10.6. The molecular weight excluding hydrogens is 292 g/mol. The summed E-state index contributed by atoms with van der Waals surface area (Å²) in [7, 11) is 0. The second kappa shape index (κ2) is 7.76. The van der Waals surface area contributed by atoms with Gasteiger partial charge in [0.05, 0.1) is 18.8 Å². The Morgan fingerprint density at radius 3 is 2.95 bits per heavy atom. The van der Waals surface area contributed by atoms with Gasteiger partial charge in [-0.2, -0.15) is 0 Å². The van der Waals surface area contributed by atoms with Crippen molar-refractivity contribution in [3.63, 3.8) is 0 Å². The zero-order valence-corrected chi connectivity index (χ0v) is 12.1. The summed E-state index contributed by atoms with van der Waals surface area (Å²) in [4.78, 5) is 36.1. The number of amides is 1. The van der Waals surface area contributed by atoms with Gasteiger partial charge in [-0.3, -0.25) is 14.3 Å². The van der Waals surface area contributed by atoms with Gasteiger partial charge in [0.25, 0.3) is 5.56 Å². The highest BCUT2D eigenvalue weighted by molar-refractivity contribution is 5.67. The van der Waals surface area contributed by atoms with Gasteiger partial charge in [-0.15, -0.1) is 0 Å². The predicted molar refractivity (Wildman–Crippen MR) is 77.6 cm³/mol. The van der Waals surface area contributed by atoms with Gasteiger partial charge in [0.15, 0.2) is 0 Å². The van der Waals surface area contributed by atoms with Crippen LogP contribution >= 0.6 is 0 Å². The van der Waals surface area contributed by atoms with E-state index in [0.29, 0.717) is 19.6 Å². The number of ether oxygens (including phenoxy) is 2. The number of H-pyrrole nitrogens is 1. The lowest BCUT2D eigenvalue weighted by molar-refractivity contribution is -0.00159. The summed E-state index contributed by atoms with van der Waals surface area (Å²) in [5.74, 6) is 0. The molecule has 22 heavy (non-hydrogen) atoms. The summed E-state index contributed by atoms with van der Waals surface area (Å²) in [6, 6.07) is 1.29. The van der Waals surface area contributed by atoms with Crippen molar-refractivity contribution in [1.82, 2.24) is 14.9 Å². The van der Waals surface area contributed by atoms with Crippen LogP contribution in [0, 0.1) is 0 Å². The largest absolute Gasteiger partial charge is 0.447 e. The van der Waals surface area contributed by atoms with Gasteiger partial charge < -0.3 is 20.5 Å². The lowest BCUT2D eigenvalue weighted by Gasteiger charge is -2.15. The van der Waals surface area contributed by atoms with Crippen molar-refractivity contribution >= 4 is 6.09 Å².